The van der Waals surface area contributed by atoms with Crippen molar-refractivity contribution in [1.82, 2.24) is 0 Å². The van der Waals surface area contributed by atoms with E-state index in [1.807, 2.05) is 0 Å². The van der Waals surface area contributed by atoms with E-state index in [1.165, 1.54) is 0 Å². The monoisotopic (exact) mass is 271 g/mol. The SMILES string of the molecule is CC[C@](O)(c1ccccc1Cl)C(C)(C)OC(N)=O. The predicted molar refractivity (Wildman–Crippen MR) is 70.4 cm³/mol. The summed E-state index contributed by atoms with van der Waals surface area (Å²) < 4.78 is 5.03. The second-order valence-electron chi connectivity index (χ2n) is 4.63. The molecule has 0 aliphatic rings. The highest BCUT2D eigenvalue weighted by molar-refractivity contribution is 6.31. The van der Waals surface area contributed by atoms with Crippen molar-refractivity contribution in [3.63, 3.8) is 0 Å². The van der Waals surface area contributed by atoms with Crippen LogP contribution in [0.15, 0.2) is 24.3 Å². The molecule has 0 aromatic heterocycles. The Labute approximate surface area is 112 Å². The smallest absolute Gasteiger partial charge is 0.405 e. The van der Waals surface area contributed by atoms with Crippen molar-refractivity contribution in [3.05, 3.63) is 34.9 Å². The van der Waals surface area contributed by atoms with Gasteiger partial charge in [-0.15, -0.1) is 0 Å². The molecule has 0 bridgehead atoms. The van der Waals surface area contributed by atoms with Crippen LogP contribution in [0.3, 0.4) is 0 Å². The summed E-state index contributed by atoms with van der Waals surface area (Å²) in [5.74, 6) is 0. The third-order valence-corrected chi connectivity index (χ3v) is 3.51. The first-order valence-corrected chi connectivity index (χ1v) is 6.08. The van der Waals surface area contributed by atoms with Crippen molar-refractivity contribution in [2.75, 3.05) is 0 Å². The molecule has 0 aliphatic carbocycles. The minimum absolute atomic E-state index is 0.330. The van der Waals surface area contributed by atoms with E-state index in [0.29, 0.717) is 17.0 Å². The minimum atomic E-state index is -1.40. The molecule has 0 heterocycles. The molecule has 0 spiro atoms. The van der Waals surface area contributed by atoms with Gasteiger partial charge in [-0.1, -0.05) is 36.7 Å². The Hall–Kier alpha value is -1.26. The van der Waals surface area contributed by atoms with Crippen molar-refractivity contribution in [1.29, 1.82) is 0 Å². The van der Waals surface area contributed by atoms with Crippen molar-refractivity contribution in [3.8, 4) is 0 Å². The lowest BCUT2D eigenvalue weighted by Gasteiger charge is -2.41. The number of halogens is 1. The van der Waals surface area contributed by atoms with Gasteiger partial charge in [-0.2, -0.15) is 0 Å². The summed E-state index contributed by atoms with van der Waals surface area (Å²) in [6.07, 6.45) is -0.601. The summed E-state index contributed by atoms with van der Waals surface area (Å²) >= 11 is 6.10. The number of aliphatic hydroxyl groups is 1. The van der Waals surface area contributed by atoms with Crippen LogP contribution >= 0.6 is 11.6 Å². The van der Waals surface area contributed by atoms with E-state index in [1.54, 1.807) is 45.0 Å². The van der Waals surface area contributed by atoms with Crippen molar-refractivity contribution in [2.24, 2.45) is 5.73 Å². The van der Waals surface area contributed by atoms with Gasteiger partial charge >= 0.3 is 6.09 Å². The number of hydrogen-bond acceptors (Lipinski definition) is 3. The van der Waals surface area contributed by atoms with Crippen LogP contribution < -0.4 is 5.73 Å². The number of carbonyl (C=O) groups excluding carboxylic acids is 1. The predicted octanol–water partition coefficient (Wildman–Crippen LogP) is 2.81. The van der Waals surface area contributed by atoms with Gasteiger partial charge in [0.05, 0.1) is 0 Å². The lowest BCUT2D eigenvalue weighted by atomic mass is 9.77. The van der Waals surface area contributed by atoms with Crippen molar-refractivity contribution < 1.29 is 14.6 Å². The lowest BCUT2D eigenvalue weighted by molar-refractivity contribution is -0.140. The van der Waals surface area contributed by atoms with E-state index in [4.69, 9.17) is 22.1 Å². The molecule has 4 nitrogen and oxygen atoms in total. The zero-order valence-corrected chi connectivity index (χ0v) is 11.5. The second kappa shape index (κ2) is 5.16. The second-order valence-corrected chi connectivity index (χ2v) is 5.03. The summed E-state index contributed by atoms with van der Waals surface area (Å²) in [7, 11) is 0. The molecule has 1 aromatic rings. The highest BCUT2D eigenvalue weighted by atomic mass is 35.5. The van der Waals surface area contributed by atoms with E-state index in [9.17, 15) is 9.90 Å². The van der Waals surface area contributed by atoms with Crippen LogP contribution in [0.2, 0.25) is 5.02 Å². The molecule has 0 saturated heterocycles. The van der Waals surface area contributed by atoms with E-state index in [2.05, 4.69) is 0 Å². The fraction of sp³-hybridized carbons (Fsp3) is 0.462. The van der Waals surface area contributed by atoms with Crippen LogP contribution in [0, 0.1) is 0 Å². The molecule has 0 unspecified atom stereocenters. The Morgan fingerprint density at radius 2 is 2.00 bits per heavy atom. The van der Waals surface area contributed by atoms with E-state index in [-0.39, 0.29) is 0 Å². The van der Waals surface area contributed by atoms with Crippen LogP contribution in [-0.4, -0.2) is 16.8 Å². The molecule has 1 rings (SSSR count). The molecule has 1 atom stereocenters. The van der Waals surface area contributed by atoms with Gasteiger partial charge < -0.3 is 15.6 Å². The molecule has 1 amide bonds. The van der Waals surface area contributed by atoms with Crippen LogP contribution in [0.1, 0.15) is 32.8 Å². The molecule has 0 radical (unpaired) electrons. The zero-order chi connectivity index (χ0) is 14.0. The minimum Gasteiger partial charge on any atom is -0.440 e. The largest absolute Gasteiger partial charge is 0.440 e. The van der Waals surface area contributed by atoms with Gasteiger partial charge in [0.1, 0.15) is 11.2 Å². The first-order chi connectivity index (χ1) is 8.24. The maximum atomic E-state index is 10.9. The Bertz CT molecular complexity index is 448. The Morgan fingerprint density at radius 3 is 2.44 bits per heavy atom. The molecule has 1 aromatic carbocycles. The van der Waals surface area contributed by atoms with Crippen LogP contribution in [0.25, 0.3) is 0 Å². The number of ether oxygens (including phenoxy) is 1. The molecular weight excluding hydrogens is 254 g/mol. The standard InChI is InChI=1S/C13H18ClNO3/c1-4-13(17,12(2,3)18-11(15)16)9-7-5-6-8-10(9)14/h5-8,17H,4H2,1-3H3,(H2,15,16)/t13-/m0/s1. The summed E-state index contributed by atoms with van der Waals surface area (Å²) in [4.78, 5) is 10.9. The van der Waals surface area contributed by atoms with E-state index in [0.717, 1.165) is 0 Å². The quantitative estimate of drug-likeness (QED) is 0.884. The zero-order valence-electron chi connectivity index (χ0n) is 10.7. The number of primary amides is 1. The normalized spacial score (nSPS) is 14.9. The molecule has 0 fully saturated rings. The Kier molecular flexibility index (Phi) is 4.24. The summed E-state index contributed by atoms with van der Waals surface area (Å²) in [6.45, 7) is 4.99. The first-order valence-electron chi connectivity index (χ1n) is 5.70. The highest BCUT2D eigenvalue weighted by Crippen LogP contribution is 2.41. The molecule has 0 aliphatic heterocycles. The van der Waals surface area contributed by atoms with Crippen LogP contribution in [-0.2, 0) is 10.3 Å². The topological polar surface area (TPSA) is 72.6 Å². The maximum absolute atomic E-state index is 10.9. The van der Waals surface area contributed by atoms with Gasteiger partial charge in [-0.25, -0.2) is 4.79 Å². The van der Waals surface area contributed by atoms with Crippen LogP contribution in [0.4, 0.5) is 4.79 Å². The molecular formula is C13H18ClNO3. The van der Waals surface area contributed by atoms with Gasteiger partial charge in [-0.05, 0) is 26.3 Å². The first kappa shape index (κ1) is 14.8. The van der Waals surface area contributed by atoms with Gasteiger partial charge in [-0.3, -0.25) is 0 Å². The van der Waals surface area contributed by atoms with Gasteiger partial charge in [0.25, 0.3) is 0 Å². The van der Waals surface area contributed by atoms with Gasteiger partial charge in [0, 0.05) is 10.6 Å². The van der Waals surface area contributed by atoms with Gasteiger partial charge in [0.2, 0.25) is 0 Å². The number of benzene rings is 1. The number of hydrogen-bond donors (Lipinski definition) is 2. The number of rotatable bonds is 4. The number of amides is 1. The summed E-state index contributed by atoms with van der Waals surface area (Å²) in [5.41, 5.74) is 2.97. The number of nitrogens with two attached hydrogens (primary N) is 1. The van der Waals surface area contributed by atoms with Gasteiger partial charge in [0.15, 0.2) is 0 Å². The fourth-order valence-electron chi connectivity index (χ4n) is 2.07. The Balaban J connectivity index is 3.29. The van der Waals surface area contributed by atoms with Crippen LogP contribution in [0.5, 0.6) is 0 Å². The van der Waals surface area contributed by atoms with E-state index < -0.39 is 17.3 Å². The molecule has 18 heavy (non-hydrogen) atoms. The summed E-state index contributed by atoms with van der Waals surface area (Å²) in [6, 6.07) is 6.92. The third-order valence-electron chi connectivity index (χ3n) is 3.18. The third kappa shape index (κ3) is 2.60. The van der Waals surface area contributed by atoms with Crippen molar-refractivity contribution in [2.45, 2.75) is 38.4 Å². The molecule has 0 saturated carbocycles. The molecule has 100 valence electrons. The molecule has 3 N–H and O–H groups in total. The molecule has 5 heteroatoms. The number of carbonyl (C=O) groups is 1. The lowest BCUT2D eigenvalue weighted by Crippen LogP contribution is -2.51. The summed E-state index contributed by atoms with van der Waals surface area (Å²) in [5, 5.41) is 11.3. The average molecular weight is 272 g/mol. The van der Waals surface area contributed by atoms with Crippen molar-refractivity contribution >= 4 is 17.7 Å². The fourth-order valence-corrected chi connectivity index (χ4v) is 2.37. The average Bonchev–Trinajstić information content (AvgIpc) is 2.26. The maximum Gasteiger partial charge on any atom is 0.405 e. The Morgan fingerprint density at radius 1 is 1.44 bits per heavy atom. The van der Waals surface area contributed by atoms with E-state index >= 15 is 0 Å². The highest BCUT2D eigenvalue weighted by Gasteiger charge is 2.47.